The van der Waals surface area contributed by atoms with Crippen molar-refractivity contribution < 1.29 is 4.74 Å². The molecule has 1 atom stereocenters. The summed E-state index contributed by atoms with van der Waals surface area (Å²) in [5.41, 5.74) is 3.06. The third-order valence-corrected chi connectivity index (χ3v) is 4.94. The Kier molecular flexibility index (Phi) is 5.18. The van der Waals surface area contributed by atoms with Crippen molar-refractivity contribution in [2.24, 2.45) is 0 Å². The third-order valence-electron chi connectivity index (χ3n) is 4.94. The van der Waals surface area contributed by atoms with Gasteiger partial charge in [-0.15, -0.1) is 0 Å². The van der Waals surface area contributed by atoms with Crippen LogP contribution in [0.5, 0.6) is 5.75 Å². The fourth-order valence-corrected chi connectivity index (χ4v) is 3.66. The number of nitrogens with zero attached hydrogens (tertiary/aromatic N) is 1. The van der Waals surface area contributed by atoms with E-state index >= 15 is 0 Å². The number of likely N-dealkylation sites (tertiary alicyclic amines) is 1. The Hall–Kier alpha value is -1.02. The number of ether oxygens (including phenoxy) is 1. The number of aryl methyl sites for hydroxylation is 2. The van der Waals surface area contributed by atoms with Crippen molar-refractivity contribution in [3.8, 4) is 5.75 Å². The summed E-state index contributed by atoms with van der Waals surface area (Å²) in [6.07, 6.45) is 11.8. The molecule has 116 valence electrons. The lowest BCUT2D eigenvalue weighted by atomic mass is 9.92. The topological polar surface area (TPSA) is 12.5 Å². The van der Waals surface area contributed by atoms with E-state index in [4.69, 9.17) is 4.74 Å². The number of benzene rings is 1. The van der Waals surface area contributed by atoms with Crippen molar-refractivity contribution in [1.82, 2.24) is 4.90 Å². The smallest absolute Gasteiger partial charge is 0.152 e. The fourth-order valence-electron chi connectivity index (χ4n) is 3.66. The van der Waals surface area contributed by atoms with Crippen molar-refractivity contribution >= 4 is 0 Å². The molecule has 0 spiro atoms. The second-order valence-electron chi connectivity index (χ2n) is 6.60. The molecule has 2 nitrogen and oxygen atoms in total. The van der Waals surface area contributed by atoms with Crippen LogP contribution in [0.3, 0.4) is 0 Å². The maximum Gasteiger partial charge on any atom is 0.152 e. The molecular formula is C19H29NO. The minimum Gasteiger partial charge on any atom is -0.475 e. The van der Waals surface area contributed by atoms with Crippen LogP contribution >= 0.6 is 0 Å². The van der Waals surface area contributed by atoms with Crippen molar-refractivity contribution in [2.75, 3.05) is 13.1 Å². The highest BCUT2D eigenvalue weighted by atomic mass is 16.5. The number of rotatable bonds is 6. The standard InChI is InChI=1S/C19H29NO/c1-2-3-10-19(20-13-6-7-14-20)21-18-12-11-16-8-4-5-9-17(16)15-18/h11-12,15,19H,2-10,13-14H2,1H3. The molecule has 1 heterocycles. The Morgan fingerprint density at radius 2 is 1.81 bits per heavy atom. The Balaban J connectivity index is 1.69. The second-order valence-corrected chi connectivity index (χ2v) is 6.60. The first-order chi connectivity index (χ1) is 10.4. The molecule has 0 aromatic heterocycles. The molecule has 1 aromatic rings. The molecule has 1 aliphatic heterocycles. The fraction of sp³-hybridized carbons (Fsp3) is 0.684. The highest BCUT2D eigenvalue weighted by Crippen LogP contribution is 2.27. The van der Waals surface area contributed by atoms with Crippen LogP contribution in [0.15, 0.2) is 18.2 Å². The van der Waals surface area contributed by atoms with E-state index in [9.17, 15) is 0 Å². The number of fused-ring (bicyclic) bond motifs is 1. The molecule has 3 rings (SSSR count). The van der Waals surface area contributed by atoms with Gasteiger partial charge in [0.2, 0.25) is 0 Å². The maximum atomic E-state index is 6.39. The number of hydrogen-bond donors (Lipinski definition) is 0. The van der Waals surface area contributed by atoms with Crippen molar-refractivity contribution in [2.45, 2.75) is 70.9 Å². The van der Waals surface area contributed by atoms with Crippen LogP contribution < -0.4 is 4.74 Å². The van der Waals surface area contributed by atoms with Gasteiger partial charge in [0, 0.05) is 13.1 Å². The van der Waals surface area contributed by atoms with E-state index in [1.165, 1.54) is 70.0 Å². The van der Waals surface area contributed by atoms with Gasteiger partial charge in [-0.3, -0.25) is 4.90 Å². The molecule has 1 fully saturated rings. The predicted octanol–water partition coefficient (Wildman–Crippen LogP) is 4.56. The van der Waals surface area contributed by atoms with Crippen LogP contribution in [-0.4, -0.2) is 24.2 Å². The molecule has 1 unspecified atom stereocenters. The first kappa shape index (κ1) is 14.9. The van der Waals surface area contributed by atoms with Gasteiger partial charge in [0.05, 0.1) is 0 Å². The van der Waals surface area contributed by atoms with Gasteiger partial charge in [-0.2, -0.15) is 0 Å². The van der Waals surface area contributed by atoms with Gasteiger partial charge < -0.3 is 4.74 Å². The lowest BCUT2D eigenvalue weighted by Crippen LogP contribution is -2.37. The molecule has 1 aliphatic carbocycles. The van der Waals surface area contributed by atoms with E-state index in [1.807, 2.05) is 0 Å². The van der Waals surface area contributed by atoms with Crippen LogP contribution in [0, 0.1) is 0 Å². The minimum absolute atomic E-state index is 0.286. The Bertz CT molecular complexity index is 451. The number of hydrogen-bond acceptors (Lipinski definition) is 2. The van der Waals surface area contributed by atoms with Gasteiger partial charge in [-0.1, -0.05) is 19.4 Å². The SMILES string of the molecule is CCCCC(Oc1ccc2c(c1)CCCC2)N1CCCC1. The van der Waals surface area contributed by atoms with Gasteiger partial charge >= 0.3 is 0 Å². The van der Waals surface area contributed by atoms with Crippen LogP contribution in [0.25, 0.3) is 0 Å². The summed E-state index contributed by atoms with van der Waals surface area (Å²) < 4.78 is 6.39. The maximum absolute atomic E-state index is 6.39. The van der Waals surface area contributed by atoms with Gasteiger partial charge in [0.15, 0.2) is 6.23 Å². The quantitative estimate of drug-likeness (QED) is 0.760. The van der Waals surface area contributed by atoms with Crippen LogP contribution in [0.2, 0.25) is 0 Å². The van der Waals surface area contributed by atoms with Crippen molar-refractivity contribution in [3.05, 3.63) is 29.3 Å². The molecule has 1 aromatic carbocycles. The van der Waals surface area contributed by atoms with E-state index in [2.05, 4.69) is 30.0 Å². The summed E-state index contributed by atoms with van der Waals surface area (Å²) in [5, 5.41) is 0. The van der Waals surface area contributed by atoms with Gasteiger partial charge in [-0.25, -0.2) is 0 Å². The summed E-state index contributed by atoms with van der Waals surface area (Å²) in [5.74, 6) is 1.09. The largest absolute Gasteiger partial charge is 0.475 e. The van der Waals surface area contributed by atoms with Crippen molar-refractivity contribution in [1.29, 1.82) is 0 Å². The molecule has 2 aliphatic rings. The minimum atomic E-state index is 0.286. The predicted molar refractivity (Wildman–Crippen MR) is 87.8 cm³/mol. The Labute approximate surface area is 129 Å². The zero-order valence-corrected chi connectivity index (χ0v) is 13.4. The molecule has 0 saturated carbocycles. The zero-order chi connectivity index (χ0) is 14.5. The highest BCUT2D eigenvalue weighted by Gasteiger charge is 2.23. The van der Waals surface area contributed by atoms with Gasteiger partial charge in [0.1, 0.15) is 5.75 Å². The normalized spacial score (nSPS) is 20.2. The summed E-state index contributed by atoms with van der Waals surface area (Å²) in [4.78, 5) is 2.54. The zero-order valence-electron chi connectivity index (χ0n) is 13.4. The molecule has 1 saturated heterocycles. The molecule has 0 bridgehead atoms. The first-order valence-corrected chi connectivity index (χ1v) is 8.89. The van der Waals surface area contributed by atoms with Crippen LogP contribution in [0.1, 0.15) is 63.0 Å². The van der Waals surface area contributed by atoms with Crippen molar-refractivity contribution in [3.63, 3.8) is 0 Å². The molecule has 0 N–H and O–H groups in total. The average molecular weight is 287 g/mol. The van der Waals surface area contributed by atoms with E-state index in [1.54, 1.807) is 5.56 Å². The first-order valence-electron chi connectivity index (χ1n) is 8.89. The summed E-state index contributed by atoms with van der Waals surface area (Å²) in [7, 11) is 0. The van der Waals surface area contributed by atoms with Gasteiger partial charge in [-0.05, 0) is 74.6 Å². The Morgan fingerprint density at radius 1 is 1.05 bits per heavy atom. The average Bonchev–Trinajstić information content (AvgIpc) is 3.05. The Morgan fingerprint density at radius 3 is 2.57 bits per heavy atom. The van der Waals surface area contributed by atoms with Crippen LogP contribution in [-0.2, 0) is 12.8 Å². The molecule has 0 amide bonds. The molecular weight excluding hydrogens is 258 g/mol. The van der Waals surface area contributed by atoms with E-state index < -0.39 is 0 Å². The highest BCUT2D eigenvalue weighted by molar-refractivity contribution is 5.37. The lowest BCUT2D eigenvalue weighted by Gasteiger charge is -2.29. The van der Waals surface area contributed by atoms with E-state index in [0.29, 0.717) is 0 Å². The summed E-state index contributed by atoms with van der Waals surface area (Å²) in [6, 6.07) is 6.80. The van der Waals surface area contributed by atoms with E-state index in [-0.39, 0.29) is 6.23 Å². The summed E-state index contributed by atoms with van der Waals surface area (Å²) >= 11 is 0. The monoisotopic (exact) mass is 287 g/mol. The third kappa shape index (κ3) is 3.79. The lowest BCUT2D eigenvalue weighted by molar-refractivity contribution is 0.0344. The molecule has 21 heavy (non-hydrogen) atoms. The van der Waals surface area contributed by atoms with Gasteiger partial charge in [0.25, 0.3) is 0 Å². The number of unbranched alkanes of at least 4 members (excludes halogenated alkanes) is 1. The summed E-state index contributed by atoms with van der Waals surface area (Å²) in [6.45, 7) is 4.68. The molecule has 0 radical (unpaired) electrons. The van der Waals surface area contributed by atoms with Crippen LogP contribution in [0.4, 0.5) is 0 Å². The molecule has 2 heteroatoms. The second kappa shape index (κ2) is 7.31. The van der Waals surface area contributed by atoms with E-state index in [0.717, 1.165) is 12.2 Å².